The predicted octanol–water partition coefficient (Wildman–Crippen LogP) is 1.81. The predicted molar refractivity (Wildman–Crippen MR) is 65.7 cm³/mol. The van der Waals surface area contributed by atoms with E-state index < -0.39 is 22.9 Å². The van der Waals surface area contributed by atoms with E-state index in [0.717, 1.165) is 19.3 Å². The molecule has 0 aromatic heterocycles. The summed E-state index contributed by atoms with van der Waals surface area (Å²) in [4.78, 5) is 37.8. The Morgan fingerprint density at radius 1 is 1.06 bits per heavy atom. The van der Waals surface area contributed by atoms with Gasteiger partial charge in [0.1, 0.15) is 5.41 Å². The number of nitrogens with zero attached hydrogens (tertiary/aromatic N) is 1. The molecule has 0 aromatic carbocycles. The Bertz CT molecular complexity index is 403. The minimum absolute atomic E-state index is 0.316. The van der Waals surface area contributed by atoms with Crippen LogP contribution in [0.25, 0.3) is 0 Å². The van der Waals surface area contributed by atoms with Crippen LogP contribution in [0.5, 0.6) is 0 Å². The van der Waals surface area contributed by atoms with Gasteiger partial charge in [0.25, 0.3) is 0 Å². The molecule has 2 rings (SSSR count). The van der Waals surface area contributed by atoms with Gasteiger partial charge in [-0.05, 0) is 33.6 Å². The molecule has 2 aliphatic rings. The summed E-state index contributed by atoms with van der Waals surface area (Å²) in [6.07, 6.45) is 3.89. The number of imide groups is 2. The molecule has 0 unspecified atom stereocenters. The number of hydrogen-bond donors (Lipinski definition) is 1. The van der Waals surface area contributed by atoms with Crippen molar-refractivity contribution < 1.29 is 14.4 Å². The highest BCUT2D eigenvalue weighted by molar-refractivity contribution is 6.19. The molecule has 0 atom stereocenters. The third kappa shape index (κ3) is 1.82. The van der Waals surface area contributed by atoms with Crippen molar-refractivity contribution in [3.63, 3.8) is 0 Å². The first kappa shape index (κ1) is 13.1. The molecule has 1 N–H and O–H groups in total. The standard InChI is InChI=1S/C13H20N2O3/c1-12(2,3)15-10(17)13(7-5-4-6-8-13)9(16)14-11(15)18/h4-8H2,1-3H3,(H,14,16,18). The molecule has 1 aliphatic heterocycles. The topological polar surface area (TPSA) is 66.5 Å². The molecule has 0 bridgehead atoms. The van der Waals surface area contributed by atoms with Gasteiger partial charge in [-0.25, -0.2) is 4.79 Å². The molecular weight excluding hydrogens is 232 g/mol. The summed E-state index contributed by atoms with van der Waals surface area (Å²) in [6.45, 7) is 5.41. The third-order valence-corrected chi connectivity index (χ3v) is 3.85. The maximum atomic E-state index is 12.6. The second-order valence-corrected chi connectivity index (χ2v) is 6.21. The largest absolute Gasteiger partial charge is 0.331 e. The van der Waals surface area contributed by atoms with Gasteiger partial charge < -0.3 is 0 Å². The third-order valence-electron chi connectivity index (χ3n) is 3.85. The Labute approximate surface area is 107 Å². The Hall–Kier alpha value is -1.39. The van der Waals surface area contributed by atoms with E-state index in [1.54, 1.807) is 20.8 Å². The molecule has 1 heterocycles. The fraction of sp³-hybridized carbons (Fsp3) is 0.769. The minimum atomic E-state index is -1.00. The molecule has 5 heteroatoms. The van der Waals surface area contributed by atoms with Crippen LogP contribution in [0.4, 0.5) is 4.79 Å². The summed E-state index contributed by atoms with van der Waals surface area (Å²) in [5.41, 5.74) is -1.61. The van der Waals surface area contributed by atoms with E-state index in [-0.39, 0.29) is 5.91 Å². The Kier molecular flexibility index (Phi) is 2.95. The Morgan fingerprint density at radius 2 is 1.61 bits per heavy atom. The molecule has 1 aliphatic carbocycles. The van der Waals surface area contributed by atoms with E-state index in [1.165, 1.54) is 4.90 Å². The van der Waals surface area contributed by atoms with Crippen molar-refractivity contribution in [1.82, 2.24) is 10.2 Å². The van der Waals surface area contributed by atoms with Crippen LogP contribution < -0.4 is 5.32 Å². The summed E-state index contributed by atoms with van der Waals surface area (Å²) in [7, 11) is 0. The zero-order valence-electron chi connectivity index (χ0n) is 11.2. The van der Waals surface area contributed by atoms with Gasteiger partial charge in [-0.3, -0.25) is 19.8 Å². The van der Waals surface area contributed by atoms with Gasteiger partial charge in [-0.1, -0.05) is 19.3 Å². The Morgan fingerprint density at radius 3 is 2.11 bits per heavy atom. The minimum Gasteiger partial charge on any atom is -0.277 e. The van der Waals surface area contributed by atoms with Crippen molar-refractivity contribution in [3.8, 4) is 0 Å². The first-order valence-electron chi connectivity index (χ1n) is 6.49. The van der Waals surface area contributed by atoms with E-state index in [2.05, 4.69) is 5.32 Å². The van der Waals surface area contributed by atoms with Crippen molar-refractivity contribution in [3.05, 3.63) is 0 Å². The molecule has 18 heavy (non-hydrogen) atoms. The monoisotopic (exact) mass is 252 g/mol. The van der Waals surface area contributed by atoms with Crippen LogP contribution in [0, 0.1) is 5.41 Å². The van der Waals surface area contributed by atoms with Crippen molar-refractivity contribution >= 4 is 17.8 Å². The van der Waals surface area contributed by atoms with E-state index in [4.69, 9.17) is 0 Å². The maximum Gasteiger partial charge on any atom is 0.331 e. The summed E-state index contributed by atoms with van der Waals surface area (Å²) in [5.74, 6) is -0.721. The average Bonchev–Trinajstić information content (AvgIpc) is 2.26. The first-order valence-corrected chi connectivity index (χ1v) is 6.49. The van der Waals surface area contributed by atoms with Crippen LogP contribution in [0.3, 0.4) is 0 Å². The van der Waals surface area contributed by atoms with Crippen LogP contribution >= 0.6 is 0 Å². The lowest BCUT2D eigenvalue weighted by molar-refractivity contribution is -0.157. The van der Waals surface area contributed by atoms with Crippen LogP contribution in [0.2, 0.25) is 0 Å². The molecule has 100 valence electrons. The number of amides is 4. The van der Waals surface area contributed by atoms with Gasteiger partial charge in [-0.2, -0.15) is 0 Å². The summed E-state index contributed by atoms with van der Waals surface area (Å²) >= 11 is 0. The smallest absolute Gasteiger partial charge is 0.277 e. The normalized spacial score (nSPS) is 24.4. The SMILES string of the molecule is CC(C)(C)N1C(=O)NC(=O)C2(CCCCC2)C1=O. The number of nitrogens with one attached hydrogen (secondary N) is 1. The van der Waals surface area contributed by atoms with Crippen molar-refractivity contribution in [2.45, 2.75) is 58.4 Å². The van der Waals surface area contributed by atoms with Crippen molar-refractivity contribution in [2.75, 3.05) is 0 Å². The number of hydrogen-bond acceptors (Lipinski definition) is 3. The van der Waals surface area contributed by atoms with Gasteiger partial charge in [0.2, 0.25) is 11.8 Å². The lowest BCUT2D eigenvalue weighted by atomic mass is 9.71. The number of barbiturate groups is 1. The van der Waals surface area contributed by atoms with Crippen LogP contribution in [-0.2, 0) is 9.59 Å². The average molecular weight is 252 g/mol. The highest BCUT2D eigenvalue weighted by Gasteiger charge is 2.55. The summed E-state index contributed by atoms with van der Waals surface area (Å²) < 4.78 is 0. The molecule has 1 spiro atoms. The zero-order valence-corrected chi connectivity index (χ0v) is 11.2. The summed E-state index contributed by atoms with van der Waals surface area (Å²) in [5, 5.41) is 2.35. The molecular formula is C13H20N2O3. The lowest BCUT2D eigenvalue weighted by Crippen LogP contribution is -2.68. The van der Waals surface area contributed by atoms with E-state index in [0.29, 0.717) is 12.8 Å². The molecule has 1 saturated heterocycles. The van der Waals surface area contributed by atoms with E-state index >= 15 is 0 Å². The van der Waals surface area contributed by atoms with Gasteiger partial charge >= 0.3 is 6.03 Å². The van der Waals surface area contributed by atoms with Crippen LogP contribution in [0.15, 0.2) is 0 Å². The van der Waals surface area contributed by atoms with Crippen molar-refractivity contribution in [2.24, 2.45) is 5.41 Å². The fourth-order valence-corrected chi connectivity index (χ4v) is 2.88. The second-order valence-electron chi connectivity index (χ2n) is 6.21. The quantitative estimate of drug-likeness (QED) is 0.669. The molecule has 0 aromatic rings. The molecule has 2 fully saturated rings. The highest BCUT2D eigenvalue weighted by atomic mass is 16.2. The van der Waals surface area contributed by atoms with Gasteiger partial charge in [0.15, 0.2) is 0 Å². The first-order chi connectivity index (χ1) is 8.29. The maximum absolute atomic E-state index is 12.6. The fourth-order valence-electron chi connectivity index (χ4n) is 2.88. The Balaban J connectivity index is 2.39. The van der Waals surface area contributed by atoms with Crippen LogP contribution in [0.1, 0.15) is 52.9 Å². The van der Waals surface area contributed by atoms with Crippen LogP contribution in [-0.4, -0.2) is 28.3 Å². The molecule has 5 nitrogen and oxygen atoms in total. The van der Waals surface area contributed by atoms with Crippen molar-refractivity contribution in [1.29, 1.82) is 0 Å². The summed E-state index contributed by atoms with van der Waals surface area (Å²) in [6, 6.07) is -0.589. The lowest BCUT2D eigenvalue weighted by Gasteiger charge is -2.45. The highest BCUT2D eigenvalue weighted by Crippen LogP contribution is 2.41. The second kappa shape index (κ2) is 4.07. The van der Waals surface area contributed by atoms with Gasteiger partial charge in [0.05, 0.1) is 0 Å². The molecule has 4 amide bonds. The number of rotatable bonds is 0. The zero-order chi connectivity index (χ0) is 13.6. The van der Waals surface area contributed by atoms with E-state index in [9.17, 15) is 14.4 Å². The number of urea groups is 1. The number of carbonyl (C=O) groups excluding carboxylic acids is 3. The van der Waals surface area contributed by atoms with E-state index in [1.807, 2.05) is 0 Å². The molecule has 1 saturated carbocycles. The van der Waals surface area contributed by atoms with Gasteiger partial charge in [-0.15, -0.1) is 0 Å². The number of carbonyl (C=O) groups is 3. The van der Waals surface area contributed by atoms with Gasteiger partial charge in [0, 0.05) is 5.54 Å². The molecule has 0 radical (unpaired) electrons.